The number of fused-ring (bicyclic) bond motifs is 1. The Morgan fingerprint density at radius 1 is 1.62 bits per heavy atom. The second kappa shape index (κ2) is 3.57. The van der Waals surface area contributed by atoms with Gasteiger partial charge in [0.2, 0.25) is 0 Å². The largest absolute Gasteiger partial charge is 0.480 e. The van der Waals surface area contributed by atoms with E-state index in [-0.39, 0.29) is 0 Å². The van der Waals surface area contributed by atoms with Crippen molar-refractivity contribution in [2.75, 3.05) is 0 Å². The Kier molecular flexibility index (Phi) is 2.35. The van der Waals surface area contributed by atoms with Crippen LogP contribution in [0.25, 0.3) is 11.0 Å². The lowest BCUT2D eigenvalue weighted by Gasteiger charge is -2.07. The van der Waals surface area contributed by atoms with Crippen LogP contribution in [0.1, 0.15) is 11.7 Å². The highest BCUT2D eigenvalue weighted by atomic mass is 19.1. The van der Waals surface area contributed by atoms with Crippen LogP contribution < -0.4 is 5.73 Å². The van der Waals surface area contributed by atoms with Gasteiger partial charge in [0.05, 0.1) is 17.2 Å². The minimum atomic E-state index is -1.14. The fourth-order valence-electron chi connectivity index (χ4n) is 1.62. The van der Waals surface area contributed by atoms with Gasteiger partial charge in [-0.2, -0.15) is 0 Å². The molecule has 2 heterocycles. The average Bonchev–Trinajstić information content (AvgIpc) is 2.55. The number of carboxylic acids is 1. The van der Waals surface area contributed by atoms with Crippen LogP contribution in [-0.2, 0) is 11.8 Å². The molecule has 0 bridgehead atoms. The molecule has 0 saturated heterocycles. The fourth-order valence-corrected chi connectivity index (χ4v) is 1.62. The number of carbonyl (C=O) groups is 1. The first-order valence-corrected chi connectivity index (χ1v) is 4.60. The van der Waals surface area contributed by atoms with Crippen molar-refractivity contribution in [3.63, 3.8) is 0 Å². The number of carboxylic acid groups (broad SMARTS) is 1. The standard InChI is InChI=1S/C10H10FN3O2/c1-14-7-2-5(11)4-13-6(7)3-8(14)9(12)10(15)16/h2-4,9H,12H2,1H3,(H,15,16). The third-order valence-corrected chi connectivity index (χ3v) is 2.48. The van der Waals surface area contributed by atoms with E-state index in [0.717, 1.165) is 6.20 Å². The lowest BCUT2D eigenvalue weighted by molar-refractivity contribution is -0.138. The van der Waals surface area contributed by atoms with Gasteiger partial charge in [0, 0.05) is 18.8 Å². The van der Waals surface area contributed by atoms with Gasteiger partial charge in [-0.3, -0.25) is 9.78 Å². The quantitative estimate of drug-likeness (QED) is 0.788. The molecular weight excluding hydrogens is 213 g/mol. The Bertz CT molecular complexity index is 564. The summed E-state index contributed by atoms with van der Waals surface area (Å²) in [5, 5.41) is 8.81. The van der Waals surface area contributed by atoms with E-state index in [1.807, 2.05) is 0 Å². The Morgan fingerprint density at radius 3 is 2.94 bits per heavy atom. The summed E-state index contributed by atoms with van der Waals surface area (Å²) in [5.74, 6) is -1.60. The van der Waals surface area contributed by atoms with E-state index in [4.69, 9.17) is 10.8 Å². The first-order chi connectivity index (χ1) is 7.50. The van der Waals surface area contributed by atoms with Gasteiger partial charge in [-0.1, -0.05) is 0 Å². The predicted molar refractivity (Wildman–Crippen MR) is 55.2 cm³/mol. The molecule has 2 aromatic rings. The Balaban J connectivity index is 2.64. The predicted octanol–water partition coefficient (Wildman–Crippen LogP) is 0.797. The van der Waals surface area contributed by atoms with E-state index in [1.54, 1.807) is 13.1 Å². The summed E-state index contributed by atoms with van der Waals surface area (Å²) in [7, 11) is 1.63. The first kappa shape index (κ1) is 10.6. The molecule has 0 amide bonds. The number of nitrogens with two attached hydrogens (primary N) is 1. The summed E-state index contributed by atoms with van der Waals surface area (Å²) in [6.07, 6.45) is 1.08. The maximum absolute atomic E-state index is 13.0. The second-order valence-corrected chi connectivity index (χ2v) is 3.50. The summed E-state index contributed by atoms with van der Waals surface area (Å²) < 4.78 is 14.5. The third-order valence-electron chi connectivity index (χ3n) is 2.48. The molecule has 0 saturated carbocycles. The van der Waals surface area contributed by atoms with Crippen LogP contribution in [0.4, 0.5) is 4.39 Å². The molecule has 0 fully saturated rings. The lowest BCUT2D eigenvalue weighted by Crippen LogP contribution is -2.22. The van der Waals surface area contributed by atoms with E-state index < -0.39 is 17.8 Å². The monoisotopic (exact) mass is 223 g/mol. The van der Waals surface area contributed by atoms with E-state index in [0.29, 0.717) is 16.7 Å². The number of aliphatic carboxylic acids is 1. The summed E-state index contributed by atoms with van der Waals surface area (Å²) in [5.41, 5.74) is 6.93. The fraction of sp³-hybridized carbons (Fsp3) is 0.200. The van der Waals surface area contributed by atoms with Crippen molar-refractivity contribution in [3.05, 3.63) is 29.8 Å². The van der Waals surface area contributed by atoms with E-state index in [2.05, 4.69) is 4.98 Å². The van der Waals surface area contributed by atoms with Crippen LogP contribution in [-0.4, -0.2) is 20.6 Å². The maximum Gasteiger partial charge on any atom is 0.326 e. The molecule has 0 radical (unpaired) electrons. The zero-order valence-corrected chi connectivity index (χ0v) is 8.51. The number of hydrogen-bond donors (Lipinski definition) is 2. The van der Waals surface area contributed by atoms with Crippen molar-refractivity contribution in [2.45, 2.75) is 6.04 Å². The van der Waals surface area contributed by atoms with Crippen LogP contribution in [0.5, 0.6) is 0 Å². The van der Waals surface area contributed by atoms with Crippen LogP contribution in [0.15, 0.2) is 18.3 Å². The number of pyridine rings is 1. The number of rotatable bonds is 2. The number of nitrogens with zero attached hydrogens (tertiary/aromatic N) is 2. The lowest BCUT2D eigenvalue weighted by atomic mass is 10.2. The van der Waals surface area contributed by atoms with E-state index >= 15 is 0 Å². The van der Waals surface area contributed by atoms with Gasteiger partial charge < -0.3 is 15.4 Å². The molecule has 0 aromatic carbocycles. The minimum absolute atomic E-state index is 0.389. The Labute approximate surface area is 90.3 Å². The molecule has 0 aliphatic heterocycles. The molecule has 3 N–H and O–H groups in total. The molecule has 0 spiro atoms. The molecule has 2 rings (SSSR count). The third kappa shape index (κ3) is 1.53. The molecule has 0 aliphatic rings. The van der Waals surface area contributed by atoms with Crippen molar-refractivity contribution in [1.29, 1.82) is 0 Å². The highest BCUT2D eigenvalue weighted by molar-refractivity contribution is 5.81. The smallest absolute Gasteiger partial charge is 0.326 e. The second-order valence-electron chi connectivity index (χ2n) is 3.50. The molecule has 2 aromatic heterocycles. The molecule has 84 valence electrons. The van der Waals surface area contributed by atoms with Gasteiger partial charge in [0.25, 0.3) is 0 Å². The van der Waals surface area contributed by atoms with Crippen LogP contribution in [0, 0.1) is 5.82 Å². The highest BCUT2D eigenvalue weighted by Crippen LogP contribution is 2.21. The van der Waals surface area contributed by atoms with Crippen LogP contribution in [0.2, 0.25) is 0 Å². The van der Waals surface area contributed by atoms with Crippen LogP contribution in [0.3, 0.4) is 0 Å². The molecular formula is C10H10FN3O2. The molecule has 5 nitrogen and oxygen atoms in total. The van der Waals surface area contributed by atoms with Gasteiger partial charge in [-0.25, -0.2) is 4.39 Å². The zero-order valence-electron chi connectivity index (χ0n) is 8.51. The van der Waals surface area contributed by atoms with Gasteiger partial charge in [0.15, 0.2) is 0 Å². The number of halogens is 1. The molecule has 1 unspecified atom stereocenters. The van der Waals surface area contributed by atoms with E-state index in [9.17, 15) is 9.18 Å². The van der Waals surface area contributed by atoms with Crippen LogP contribution >= 0.6 is 0 Å². The minimum Gasteiger partial charge on any atom is -0.480 e. The van der Waals surface area contributed by atoms with Crippen molar-refractivity contribution in [2.24, 2.45) is 12.8 Å². The van der Waals surface area contributed by atoms with Crippen molar-refractivity contribution in [1.82, 2.24) is 9.55 Å². The normalized spacial score (nSPS) is 12.9. The summed E-state index contributed by atoms with van der Waals surface area (Å²) in [6, 6.07) is 1.70. The average molecular weight is 223 g/mol. The summed E-state index contributed by atoms with van der Waals surface area (Å²) >= 11 is 0. The highest BCUT2D eigenvalue weighted by Gasteiger charge is 2.19. The van der Waals surface area contributed by atoms with Crippen molar-refractivity contribution >= 4 is 17.0 Å². The van der Waals surface area contributed by atoms with Crippen molar-refractivity contribution in [3.8, 4) is 0 Å². The maximum atomic E-state index is 13.0. The van der Waals surface area contributed by atoms with Gasteiger partial charge in [0.1, 0.15) is 11.9 Å². The number of aryl methyl sites for hydroxylation is 1. The zero-order chi connectivity index (χ0) is 11.9. The van der Waals surface area contributed by atoms with Gasteiger partial charge >= 0.3 is 5.97 Å². The summed E-state index contributed by atoms with van der Waals surface area (Å²) in [6.45, 7) is 0. The molecule has 1 atom stereocenters. The Hall–Kier alpha value is -1.95. The molecule has 16 heavy (non-hydrogen) atoms. The van der Waals surface area contributed by atoms with E-state index in [1.165, 1.54) is 10.6 Å². The molecule has 6 heteroatoms. The topological polar surface area (TPSA) is 81.1 Å². The van der Waals surface area contributed by atoms with Crippen molar-refractivity contribution < 1.29 is 14.3 Å². The SMILES string of the molecule is Cn1c(C(N)C(=O)O)cc2ncc(F)cc21. The number of aromatic nitrogens is 2. The first-order valence-electron chi connectivity index (χ1n) is 4.60. The number of hydrogen-bond acceptors (Lipinski definition) is 3. The Morgan fingerprint density at radius 2 is 2.31 bits per heavy atom. The van der Waals surface area contributed by atoms with Gasteiger partial charge in [-0.05, 0) is 6.07 Å². The summed E-state index contributed by atoms with van der Waals surface area (Å²) in [4.78, 5) is 14.6. The van der Waals surface area contributed by atoms with Gasteiger partial charge in [-0.15, -0.1) is 0 Å². The molecule has 0 aliphatic carbocycles.